The average Bonchev–Trinajstić information content (AvgIpc) is 3.41. The van der Waals surface area contributed by atoms with Gasteiger partial charge in [0.1, 0.15) is 5.03 Å². The first-order valence-corrected chi connectivity index (χ1v) is 14.3. The van der Waals surface area contributed by atoms with E-state index in [9.17, 15) is 0 Å². The van der Waals surface area contributed by atoms with Crippen molar-refractivity contribution in [2.45, 2.75) is 23.1 Å². The summed E-state index contributed by atoms with van der Waals surface area (Å²) in [5.41, 5.74) is 2.27. The number of nitrogens with zero attached hydrogens (tertiary/aromatic N) is 9. The minimum atomic E-state index is 0.760. The highest BCUT2D eigenvalue weighted by Crippen LogP contribution is 2.30. The van der Waals surface area contributed by atoms with Crippen LogP contribution in [0, 0.1) is 0 Å². The highest BCUT2D eigenvalue weighted by atomic mass is 32.2. The zero-order valence-corrected chi connectivity index (χ0v) is 22.8. The first kappa shape index (κ1) is 25.7. The summed E-state index contributed by atoms with van der Waals surface area (Å²) in [6, 6.07) is 16.4. The topological polar surface area (TPSA) is 88.3 Å². The summed E-state index contributed by atoms with van der Waals surface area (Å²) >= 11 is 1.55. The van der Waals surface area contributed by atoms with E-state index in [0.717, 1.165) is 99.5 Å². The van der Waals surface area contributed by atoms with Crippen LogP contribution in [0.2, 0.25) is 0 Å². The number of rotatable bonds is 9. The third-order valence-electron chi connectivity index (χ3n) is 7.11. The number of hydrogen-bond acceptors (Lipinski definition) is 10. The number of hydrogen-bond donors (Lipinski definition) is 0. The SMILES string of the molecule is c1ccc(-c2nnc(Sc3ccnc(N4CCN(c5ccncc5)CC4)n3)n2CCCN2CCOCC2)cc1. The standard InChI is InChI=1S/C28H33N9OS/c1-2-5-23(6-3-1)26-32-33-28(37(26)14-4-13-34-19-21-38-22-20-34)39-25-9-12-30-27(31-25)36-17-15-35(16-18-36)24-7-10-29-11-8-24/h1-3,5-12H,4,13-22H2. The van der Waals surface area contributed by atoms with Crippen LogP contribution < -0.4 is 9.80 Å². The lowest BCUT2D eigenvalue weighted by Gasteiger charge is -2.36. The molecule has 0 aliphatic carbocycles. The summed E-state index contributed by atoms with van der Waals surface area (Å²) in [7, 11) is 0. The largest absolute Gasteiger partial charge is 0.379 e. The van der Waals surface area contributed by atoms with Gasteiger partial charge in [-0.15, -0.1) is 10.2 Å². The fraction of sp³-hybridized carbons (Fsp3) is 0.393. The van der Waals surface area contributed by atoms with Crippen LogP contribution in [-0.4, -0.2) is 93.6 Å². The summed E-state index contributed by atoms with van der Waals surface area (Å²) in [5, 5.41) is 10.9. The van der Waals surface area contributed by atoms with Crippen molar-refractivity contribution >= 4 is 23.4 Å². The first-order valence-electron chi connectivity index (χ1n) is 13.5. The summed E-state index contributed by atoms with van der Waals surface area (Å²) in [5.74, 6) is 1.65. The zero-order valence-electron chi connectivity index (χ0n) is 22.0. The Morgan fingerprint density at radius 3 is 2.33 bits per heavy atom. The Hall–Kier alpha value is -3.54. The first-order chi connectivity index (χ1) is 19.3. The molecule has 0 unspecified atom stereocenters. The van der Waals surface area contributed by atoms with Gasteiger partial charge in [0.15, 0.2) is 11.0 Å². The third kappa shape index (κ3) is 6.38. The number of pyridine rings is 1. The average molecular weight is 544 g/mol. The smallest absolute Gasteiger partial charge is 0.226 e. The molecule has 39 heavy (non-hydrogen) atoms. The van der Waals surface area contributed by atoms with E-state index in [1.807, 2.05) is 42.9 Å². The molecule has 0 bridgehead atoms. The van der Waals surface area contributed by atoms with Crippen molar-refractivity contribution in [2.24, 2.45) is 0 Å². The third-order valence-corrected chi connectivity index (χ3v) is 8.03. The lowest BCUT2D eigenvalue weighted by atomic mass is 10.2. The van der Waals surface area contributed by atoms with Crippen molar-refractivity contribution in [3.05, 3.63) is 67.1 Å². The molecule has 0 spiro atoms. The lowest BCUT2D eigenvalue weighted by molar-refractivity contribution is 0.0369. The van der Waals surface area contributed by atoms with Crippen molar-refractivity contribution in [2.75, 3.05) is 68.8 Å². The summed E-state index contributed by atoms with van der Waals surface area (Å²) < 4.78 is 7.73. The molecular weight excluding hydrogens is 510 g/mol. The van der Waals surface area contributed by atoms with E-state index in [1.165, 1.54) is 5.69 Å². The molecule has 6 rings (SSSR count). The number of anilines is 2. The minimum absolute atomic E-state index is 0.760. The van der Waals surface area contributed by atoms with Crippen molar-refractivity contribution in [1.29, 1.82) is 0 Å². The number of morpholine rings is 1. The molecule has 11 heteroatoms. The van der Waals surface area contributed by atoms with Crippen molar-refractivity contribution < 1.29 is 4.74 Å². The quantitative estimate of drug-likeness (QED) is 0.293. The second-order valence-corrected chi connectivity index (χ2v) is 10.6. The van der Waals surface area contributed by atoms with Gasteiger partial charge in [-0.3, -0.25) is 9.88 Å². The van der Waals surface area contributed by atoms with Crippen LogP contribution in [0.5, 0.6) is 0 Å². The number of ether oxygens (including phenoxy) is 1. The van der Waals surface area contributed by atoms with Crippen LogP contribution in [-0.2, 0) is 11.3 Å². The molecule has 0 N–H and O–H groups in total. The normalized spacial score (nSPS) is 16.5. The predicted octanol–water partition coefficient (Wildman–Crippen LogP) is 3.33. The van der Waals surface area contributed by atoms with Gasteiger partial charge in [-0.2, -0.15) is 0 Å². The molecule has 1 aromatic carbocycles. The molecule has 5 heterocycles. The van der Waals surface area contributed by atoms with Crippen LogP contribution in [0.15, 0.2) is 77.3 Å². The fourth-order valence-electron chi connectivity index (χ4n) is 5.00. The molecule has 2 fully saturated rings. The van der Waals surface area contributed by atoms with Gasteiger partial charge in [0.25, 0.3) is 0 Å². The monoisotopic (exact) mass is 543 g/mol. The van der Waals surface area contributed by atoms with Crippen LogP contribution >= 0.6 is 11.8 Å². The van der Waals surface area contributed by atoms with E-state index in [-0.39, 0.29) is 0 Å². The van der Waals surface area contributed by atoms with Gasteiger partial charge in [-0.05, 0) is 36.4 Å². The van der Waals surface area contributed by atoms with Gasteiger partial charge in [-0.1, -0.05) is 30.3 Å². The molecular formula is C28H33N9OS. The second kappa shape index (κ2) is 12.5. The van der Waals surface area contributed by atoms with Gasteiger partial charge >= 0.3 is 0 Å². The van der Waals surface area contributed by atoms with Gasteiger partial charge < -0.3 is 19.1 Å². The molecule has 0 saturated carbocycles. The molecule has 4 aromatic rings. The molecule has 0 atom stereocenters. The maximum absolute atomic E-state index is 5.50. The second-order valence-electron chi connectivity index (χ2n) is 9.61. The van der Waals surface area contributed by atoms with Crippen molar-refractivity contribution in [3.63, 3.8) is 0 Å². The maximum atomic E-state index is 5.50. The molecule has 0 radical (unpaired) electrons. The molecule has 2 saturated heterocycles. The highest BCUT2D eigenvalue weighted by Gasteiger charge is 2.21. The van der Waals surface area contributed by atoms with E-state index in [4.69, 9.17) is 9.72 Å². The molecule has 2 aliphatic heterocycles. The fourth-order valence-corrected chi connectivity index (χ4v) is 5.81. The van der Waals surface area contributed by atoms with Gasteiger partial charge in [0.2, 0.25) is 5.95 Å². The van der Waals surface area contributed by atoms with E-state index >= 15 is 0 Å². The molecule has 3 aromatic heterocycles. The molecule has 2 aliphatic rings. The van der Waals surface area contributed by atoms with E-state index in [0.29, 0.717) is 0 Å². The minimum Gasteiger partial charge on any atom is -0.379 e. The Labute approximate surface area is 233 Å². The Bertz CT molecular complexity index is 1320. The van der Waals surface area contributed by atoms with E-state index in [1.54, 1.807) is 11.8 Å². The van der Waals surface area contributed by atoms with Crippen LogP contribution in [0.25, 0.3) is 11.4 Å². The number of piperazine rings is 1. The van der Waals surface area contributed by atoms with Gasteiger partial charge in [0, 0.05) is 82.2 Å². The van der Waals surface area contributed by atoms with Crippen LogP contribution in [0.1, 0.15) is 6.42 Å². The Balaban J connectivity index is 1.15. The molecule has 202 valence electrons. The Morgan fingerprint density at radius 1 is 0.769 bits per heavy atom. The van der Waals surface area contributed by atoms with E-state index in [2.05, 4.69) is 63.7 Å². The number of benzene rings is 1. The van der Waals surface area contributed by atoms with Crippen LogP contribution in [0.4, 0.5) is 11.6 Å². The van der Waals surface area contributed by atoms with Crippen molar-refractivity contribution in [3.8, 4) is 11.4 Å². The summed E-state index contributed by atoms with van der Waals surface area (Å²) in [6.45, 7) is 9.07. The summed E-state index contributed by atoms with van der Waals surface area (Å²) in [4.78, 5) is 20.7. The Kier molecular flexibility index (Phi) is 8.27. The zero-order chi connectivity index (χ0) is 26.3. The number of aromatic nitrogens is 6. The molecule has 10 nitrogen and oxygen atoms in total. The maximum Gasteiger partial charge on any atom is 0.226 e. The van der Waals surface area contributed by atoms with Crippen LogP contribution in [0.3, 0.4) is 0 Å². The summed E-state index contributed by atoms with van der Waals surface area (Å²) in [6.07, 6.45) is 6.55. The highest BCUT2D eigenvalue weighted by molar-refractivity contribution is 7.99. The molecule has 0 amide bonds. The Morgan fingerprint density at radius 2 is 1.54 bits per heavy atom. The lowest BCUT2D eigenvalue weighted by Crippen LogP contribution is -2.47. The van der Waals surface area contributed by atoms with Gasteiger partial charge in [-0.25, -0.2) is 9.97 Å². The van der Waals surface area contributed by atoms with Gasteiger partial charge in [0.05, 0.1) is 13.2 Å². The van der Waals surface area contributed by atoms with Crippen molar-refractivity contribution in [1.82, 2.24) is 34.6 Å². The van der Waals surface area contributed by atoms with E-state index < -0.39 is 0 Å². The predicted molar refractivity (Wildman–Crippen MR) is 152 cm³/mol.